The minimum absolute atomic E-state index is 0.00398. The first-order valence-electron chi connectivity index (χ1n) is 12.4. The number of halogens is 2. The predicted octanol–water partition coefficient (Wildman–Crippen LogP) is 4.61. The standard InChI is InChI=1S/C27H24Cl2N8O3/c1-34-14-19-12-21(8-9-22(19)32-34)30-27(38)25(11-18-5-3-2-4-6-18)37-17-39-36(16-40-37)24-13-20(28)7-10-23(24)35-15-26(29)31-33-35/h2-10,12-15,25H,11,16-17H2,1H3,(H,30,38). The van der Waals surface area contributed by atoms with Crippen LogP contribution in [0.5, 0.6) is 0 Å². The molecule has 2 aromatic heterocycles. The summed E-state index contributed by atoms with van der Waals surface area (Å²) in [5, 5.41) is 20.1. The summed E-state index contributed by atoms with van der Waals surface area (Å²) in [6.45, 7) is -0.0212. The van der Waals surface area contributed by atoms with Crippen LogP contribution in [0, 0.1) is 0 Å². The number of amides is 1. The van der Waals surface area contributed by atoms with E-state index in [1.165, 1.54) is 9.75 Å². The Kier molecular flexibility index (Phi) is 7.37. The van der Waals surface area contributed by atoms with Gasteiger partial charge < -0.3 is 5.32 Å². The molecule has 11 nitrogen and oxygen atoms in total. The molecule has 204 valence electrons. The zero-order valence-corrected chi connectivity index (χ0v) is 22.8. The maximum atomic E-state index is 13.6. The van der Waals surface area contributed by atoms with E-state index >= 15 is 0 Å². The van der Waals surface area contributed by atoms with Crippen molar-refractivity contribution in [2.45, 2.75) is 12.5 Å². The van der Waals surface area contributed by atoms with Gasteiger partial charge in [0.1, 0.15) is 6.04 Å². The molecule has 1 N–H and O–H groups in total. The maximum absolute atomic E-state index is 13.6. The van der Waals surface area contributed by atoms with E-state index in [-0.39, 0.29) is 24.5 Å². The molecular weight excluding hydrogens is 555 g/mol. The van der Waals surface area contributed by atoms with Crippen LogP contribution in [0.4, 0.5) is 11.4 Å². The van der Waals surface area contributed by atoms with Crippen LogP contribution in [0.15, 0.2) is 79.1 Å². The Balaban J connectivity index is 1.22. The number of fused-ring (bicyclic) bond motifs is 1. The quantitative estimate of drug-likeness (QED) is 0.298. The third kappa shape index (κ3) is 5.64. The van der Waals surface area contributed by atoms with E-state index in [0.717, 1.165) is 16.5 Å². The monoisotopic (exact) mass is 578 g/mol. The highest BCUT2D eigenvalue weighted by Crippen LogP contribution is 2.30. The lowest BCUT2D eigenvalue weighted by Gasteiger charge is -2.38. The van der Waals surface area contributed by atoms with E-state index in [0.29, 0.717) is 28.5 Å². The molecule has 1 unspecified atom stereocenters. The molecule has 0 radical (unpaired) electrons. The van der Waals surface area contributed by atoms with Crippen LogP contribution in [0.2, 0.25) is 10.2 Å². The van der Waals surface area contributed by atoms with E-state index in [2.05, 4.69) is 20.7 Å². The number of anilines is 2. The number of rotatable bonds is 7. The summed E-state index contributed by atoms with van der Waals surface area (Å²) in [6.07, 6.45) is 3.89. The molecule has 6 rings (SSSR count). The third-order valence-corrected chi connectivity index (χ3v) is 6.82. The first-order chi connectivity index (χ1) is 19.4. The Morgan fingerprint density at radius 1 is 1.00 bits per heavy atom. The molecule has 5 aromatic rings. The topological polar surface area (TPSA) is 103 Å². The molecule has 0 spiro atoms. The second-order valence-corrected chi connectivity index (χ2v) is 10.0. The van der Waals surface area contributed by atoms with Crippen molar-refractivity contribution in [3.8, 4) is 5.69 Å². The summed E-state index contributed by atoms with van der Waals surface area (Å²) in [5.41, 5.74) is 3.74. The molecule has 1 amide bonds. The number of carbonyl (C=O) groups is 1. The fourth-order valence-electron chi connectivity index (χ4n) is 4.51. The van der Waals surface area contributed by atoms with Crippen LogP contribution >= 0.6 is 23.2 Å². The summed E-state index contributed by atoms with van der Waals surface area (Å²) in [5.74, 6) is -0.232. The molecule has 0 saturated carbocycles. The zero-order chi connectivity index (χ0) is 27.6. The first-order valence-corrected chi connectivity index (χ1v) is 13.1. The Bertz CT molecular complexity index is 1650. The van der Waals surface area contributed by atoms with Gasteiger partial charge in [-0.2, -0.15) is 5.10 Å². The number of nitrogens with one attached hydrogen (secondary N) is 1. The van der Waals surface area contributed by atoms with Gasteiger partial charge in [0.05, 0.1) is 23.1 Å². The Labute approximate surface area is 239 Å². The van der Waals surface area contributed by atoms with E-state index in [1.54, 1.807) is 34.1 Å². The number of carbonyl (C=O) groups excluding carboxylic acids is 1. The molecule has 0 aliphatic carbocycles. The number of hydroxylamine groups is 3. The van der Waals surface area contributed by atoms with Crippen LogP contribution < -0.4 is 10.4 Å². The van der Waals surface area contributed by atoms with Crippen LogP contribution in [-0.2, 0) is 27.9 Å². The average Bonchev–Trinajstić information content (AvgIpc) is 3.56. The molecule has 13 heteroatoms. The third-order valence-electron chi connectivity index (χ3n) is 6.41. The Hall–Kier alpha value is -4.00. The number of nitrogens with zero attached hydrogens (tertiary/aromatic N) is 7. The van der Waals surface area contributed by atoms with Crippen LogP contribution in [0.25, 0.3) is 16.6 Å². The number of aryl methyl sites for hydroxylation is 1. The Morgan fingerprint density at radius 3 is 2.60 bits per heavy atom. The number of hydrogen-bond acceptors (Lipinski definition) is 8. The molecular formula is C27H24Cl2N8O3. The van der Waals surface area contributed by atoms with E-state index in [4.69, 9.17) is 32.9 Å². The molecule has 1 fully saturated rings. The van der Waals surface area contributed by atoms with Gasteiger partial charge >= 0.3 is 0 Å². The van der Waals surface area contributed by atoms with Crippen LogP contribution in [0.1, 0.15) is 5.56 Å². The largest absolute Gasteiger partial charge is 0.325 e. The fraction of sp³-hybridized carbons (Fsp3) is 0.185. The van der Waals surface area contributed by atoms with Gasteiger partial charge in [-0.1, -0.05) is 58.7 Å². The van der Waals surface area contributed by atoms with Crippen molar-refractivity contribution in [3.63, 3.8) is 0 Å². The Morgan fingerprint density at radius 2 is 1.85 bits per heavy atom. The SMILES string of the molecule is Cn1cc2cc(NC(=O)C(Cc3ccccc3)N3CON(c4cc(Cl)ccc4-n4cc(Cl)nn4)CO3)ccc2n1. The van der Waals surface area contributed by atoms with Gasteiger partial charge in [0, 0.05) is 29.3 Å². The van der Waals surface area contributed by atoms with E-state index < -0.39 is 6.04 Å². The van der Waals surface area contributed by atoms with Gasteiger partial charge in [0.25, 0.3) is 0 Å². The van der Waals surface area contributed by atoms with E-state index in [1.807, 2.05) is 61.8 Å². The fourth-order valence-corrected chi connectivity index (χ4v) is 4.81. The van der Waals surface area contributed by atoms with Crippen molar-refractivity contribution in [2.75, 3.05) is 23.8 Å². The van der Waals surface area contributed by atoms with Crippen molar-refractivity contribution in [1.29, 1.82) is 0 Å². The smallest absolute Gasteiger partial charge is 0.244 e. The highest BCUT2D eigenvalue weighted by Gasteiger charge is 2.32. The predicted molar refractivity (Wildman–Crippen MR) is 151 cm³/mol. The van der Waals surface area contributed by atoms with Gasteiger partial charge in [-0.15, -0.1) is 10.2 Å². The van der Waals surface area contributed by atoms with Crippen molar-refractivity contribution in [3.05, 3.63) is 94.9 Å². The summed E-state index contributed by atoms with van der Waals surface area (Å²) < 4.78 is 3.26. The summed E-state index contributed by atoms with van der Waals surface area (Å²) >= 11 is 12.3. The number of benzene rings is 3. The second-order valence-electron chi connectivity index (χ2n) is 9.20. The van der Waals surface area contributed by atoms with Gasteiger partial charge in [-0.25, -0.2) is 9.75 Å². The minimum atomic E-state index is -0.679. The molecule has 1 aliphatic heterocycles. The lowest BCUT2D eigenvalue weighted by atomic mass is 10.0. The lowest BCUT2D eigenvalue weighted by Crippen LogP contribution is -2.52. The average molecular weight is 579 g/mol. The van der Waals surface area contributed by atoms with Crippen LogP contribution in [0.3, 0.4) is 0 Å². The number of aromatic nitrogens is 5. The summed E-state index contributed by atoms with van der Waals surface area (Å²) in [6, 6.07) is 19.9. The van der Waals surface area contributed by atoms with Gasteiger partial charge in [0.2, 0.25) is 5.91 Å². The number of hydrogen-bond donors (Lipinski definition) is 1. The van der Waals surface area contributed by atoms with Crippen LogP contribution in [-0.4, -0.2) is 55.2 Å². The lowest BCUT2D eigenvalue weighted by molar-refractivity contribution is -0.279. The molecule has 0 bridgehead atoms. The molecule has 40 heavy (non-hydrogen) atoms. The second kappa shape index (κ2) is 11.2. The molecule has 3 heterocycles. The first kappa shape index (κ1) is 26.2. The molecule has 1 atom stereocenters. The van der Waals surface area contributed by atoms with Crippen molar-refractivity contribution in [1.82, 2.24) is 29.8 Å². The van der Waals surface area contributed by atoms with Gasteiger partial charge in [-0.05, 0) is 48.4 Å². The highest BCUT2D eigenvalue weighted by molar-refractivity contribution is 6.31. The summed E-state index contributed by atoms with van der Waals surface area (Å²) in [7, 11) is 1.86. The highest BCUT2D eigenvalue weighted by atomic mass is 35.5. The zero-order valence-electron chi connectivity index (χ0n) is 21.3. The maximum Gasteiger partial charge on any atom is 0.244 e. The van der Waals surface area contributed by atoms with Crippen molar-refractivity contribution >= 4 is 51.4 Å². The van der Waals surface area contributed by atoms with E-state index in [9.17, 15) is 4.79 Å². The molecule has 1 aliphatic rings. The summed E-state index contributed by atoms with van der Waals surface area (Å²) in [4.78, 5) is 25.8. The van der Waals surface area contributed by atoms with Gasteiger partial charge in [0.15, 0.2) is 18.6 Å². The van der Waals surface area contributed by atoms with Crippen molar-refractivity contribution < 1.29 is 14.5 Å². The minimum Gasteiger partial charge on any atom is -0.325 e. The molecule has 3 aromatic carbocycles. The normalized spacial score (nSPS) is 14.9. The van der Waals surface area contributed by atoms with Gasteiger partial charge in [-0.3, -0.25) is 19.2 Å². The van der Waals surface area contributed by atoms with Crippen molar-refractivity contribution in [2.24, 2.45) is 7.05 Å². The molecule has 1 saturated heterocycles.